The van der Waals surface area contributed by atoms with E-state index in [1.807, 2.05) is 43.3 Å². The third-order valence-corrected chi connectivity index (χ3v) is 5.06. The topological polar surface area (TPSA) is 79.8 Å². The van der Waals surface area contributed by atoms with Crippen molar-refractivity contribution in [3.05, 3.63) is 70.7 Å². The summed E-state index contributed by atoms with van der Waals surface area (Å²) in [5.41, 5.74) is 4.65. The molecule has 6 nitrogen and oxygen atoms in total. The van der Waals surface area contributed by atoms with E-state index in [9.17, 15) is 9.59 Å². The number of hydrogen-bond donors (Lipinski definition) is 2. The highest BCUT2D eigenvalue weighted by atomic mass is 35.5. The fourth-order valence-electron chi connectivity index (χ4n) is 2.99. The molecule has 3 rings (SSSR count). The van der Waals surface area contributed by atoms with Crippen LogP contribution in [0.1, 0.15) is 24.0 Å². The van der Waals surface area contributed by atoms with Gasteiger partial charge in [0.15, 0.2) is 0 Å². The Morgan fingerprint density at radius 1 is 1.03 bits per heavy atom. The molecule has 2 N–H and O–H groups in total. The number of benzene rings is 3. The van der Waals surface area contributed by atoms with Crippen LogP contribution in [0.5, 0.6) is 5.75 Å². The monoisotopic (exact) mass is 423 g/mol. The summed E-state index contributed by atoms with van der Waals surface area (Å²) in [5.74, 6) is 0.0293. The van der Waals surface area contributed by atoms with Gasteiger partial charge in [0.05, 0.1) is 13.3 Å². The third kappa shape index (κ3) is 5.15. The maximum Gasteiger partial charge on any atom is 0.240 e. The van der Waals surface area contributed by atoms with Crippen LogP contribution in [-0.2, 0) is 9.59 Å². The predicted octanol–water partition coefficient (Wildman–Crippen LogP) is 4.68. The summed E-state index contributed by atoms with van der Waals surface area (Å²) < 4.78 is 5.40. The van der Waals surface area contributed by atoms with Gasteiger partial charge < -0.3 is 10.1 Å². The van der Waals surface area contributed by atoms with Crippen LogP contribution in [-0.4, -0.2) is 25.1 Å². The van der Waals surface area contributed by atoms with Gasteiger partial charge in [0.25, 0.3) is 0 Å². The van der Waals surface area contributed by atoms with Crippen molar-refractivity contribution in [3.8, 4) is 5.75 Å². The van der Waals surface area contributed by atoms with Crippen molar-refractivity contribution in [2.45, 2.75) is 19.8 Å². The number of amides is 2. The number of rotatable bonds is 7. The predicted molar refractivity (Wildman–Crippen MR) is 120 cm³/mol. The van der Waals surface area contributed by atoms with Crippen molar-refractivity contribution in [3.63, 3.8) is 0 Å². The lowest BCUT2D eigenvalue weighted by Gasteiger charge is -2.09. The second-order valence-corrected chi connectivity index (χ2v) is 7.06. The first-order valence-corrected chi connectivity index (χ1v) is 9.80. The van der Waals surface area contributed by atoms with E-state index < -0.39 is 0 Å². The van der Waals surface area contributed by atoms with E-state index in [0.717, 1.165) is 21.9 Å². The van der Waals surface area contributed by atoms with E-state index in [-0.39, 0.29) is 24.7 Å². The summed E-state index contributed by atoms with van der Waals surface area (Å²) in [5, 5.41) is 9.38. The molecule has 0 aromatic heterocycles. The largest absolute Gasteiger partial charge is 0.496 e. The first kappa shape index (κ1) is 21.3. The lowest BCUT2D eigenvalue weighted by atomic mass is 10.0. The molecular weight excluding hydrogens is 402 g/mol. The summed E-state index contributed by atoms with van der Waals surface area (Å²) >= 11 is 6.05. The minimum absolute atomic E-state index is 0.00938. The van der Waals surface area contributed by atoms with Gasteiger partial charge in [-0.1, -0.05) is 48.0 Å². The van der Waals surface area contributed by atoms with Crippen LogP contribution in [0.4, 0.5) is 5.69 Å². The van der Waals surface area contributed by atoms with Crippen LogP contribution in [0.3, 0.4) is 0 Å². The molecule has 154 valence electrons. The molecule has 2 amide bonds. The second-order valence-electron chi connectivity index (χ2n) is 6.66. The molecule has 3 aromatic carbocycles. The molecule has 0 aliphatic carbocycles. The zero-order valence-corrected chi connectivity index (χ0v) is 17.5. The third-order valence-electron chi connectivity index (χ3n) is 4.65. The molecule has 0 heterocycles. The fourth-order valence-corrected chi connectivity index (χ4v) is 3.17. The van der Waals surface area contributed by atoms with Gasteiger partial charge in [0.1, 0.15) is 5.75 Å². The van der Waals surface area contributed by atoms with Crippen LogP contribution >= 0.6 is 11.6 Å². The quantitative estimate of drug-likeness (QED) is 0.427. The van der Waals surface area contributed by atoms with Gasteiger partial charge in [-0.05, 0) is 41.5 Å². The molecule has 30 heavy (non-hydrogen) atoms. The molecule has 0 saturated carbocycles. The minimum Gasteiger partial charge on any atom is -0.496 e. The first-order chi connectivity index (χ1) is 14.5. The van der Waals surface area contributed by atoms with Crippen molar-refractivity contribution >= 4 is 46.1 Å². The lowest BCUT2D eigenvalue weighted by molar-refractivity contribution is -0.124. The van der Waals surface area contributed by atoms with E-state index in [1.54, 1.807) is 31.5 Å². The summed E-state index contributed by atoms with van der Waals surface area (Å²) in [6, 6.07) is 16.9. The first-order valence-electron chi connectivity index (χ1n) is 9.42. The fraction of sp³-hybridized carbons (Fsp3) is 0.174. The van der Waals surface area contributed by atoms with Crippen molar-refractivity contribution < 1.29 is 14.3 Å². The van der Waals surface area contributed by atoms with Crippen molar-refractivity contribution in [2.75, 3.05) is 12.4 Å². The highest BCUT2D eigenvalue weighted by molar-refractivity contribution is 6.31. The molecule has 0 bridgehead atoms. The van der Waals surface area contributed by atoms with E-state index in [0.29, 0.717) is 16.5 Å². The number of nitrogens with one attached hydrogen (secondary N) is 2. The maximum absolute atomic E-state index is 12.1. The standard InChI is InChI=1S/C23H22ClN3O3/c1-15-19(24)8-5-9-20(15)26-22(28)12-13-23(29)27-25-14-18-17-7-4-3-6-16(17)10-11-21(18)30-2/h3-11,14H,12-13H2,1-2H3,(H,26,28)(H,27,29)/b25-14+. The summed E-state index contributed by atoms with van der Waals surface area (Å²) in [6.45, 7) is 1.82. The zero-order valence-electron chi connectivity index (χ0n) is 16.7. The number of fused-ring (bicyclic) bond motifs is 1. The van der Waals surface area contributed by atoms with Gasteiger partial charge in [0, 0.05) is 29.1 Å². The number of methoxy groups -OCH3 is 1. The number of carbonyl (C=O) groups excluding carboxylic acids is 2. The normalized spacial score (nSPS) is 10.9. The zero-order chi connectivity index (χ0) is 21.5. The number of hydrogen-bond acceptors (Lipinski definition) is 4. The Kier molecular flexibility index (Phi) is 7.03. The number of hydrazone groups is 1. The van der Waals surface area contributed by atoms with Crippen LogP contribution in [0.2, 0.25) is 5.02 Å². The summed E-state index contributed by atoms with van der Waals surface area (Å²) in [6.07, 6.45) is 1.59. The maximum atomic E-state index is 12.1. The average molecular weight is 424 g/mol. The SMILES string of the molecule is COc1ccc2ccccc2c1/C=N/NC(=O)CCC(=O)Nc1cccc(Cl)c1C. The number of nitrogens with zero attached hydrogens (tertiary/aromatic N) is 1. The summed E-state index contributed by atoms with van der Waals surface area (Å²) in [4.78, 5) is 24.2. The minimum atomic E-state index is -0.358. The van der Waals surface area contributed by atoms with E-state index in [2.05, 4.69) is 15.8 Å². The highest BCUT2D eigenvalue weighted by Gasteiger charge is 2.10. The molecule has 0 fully saturated rings. The Hall–Kier alpha value is -3.38. The molecule has 0 aliphatic heterocycles. The van der Waals surface area contributed by atoms with E-state index >= 15 is 0 Å². The van der Waals surface area contributed by atoms with Gasteiger partial charge >= 0.3 is 0 Å². The van der Waals surface area contributed by atoms with Crippen molar-refractivity contribution in [1.29, 1.82) is 0 Å². The van der Waals surface area contributed by atoms with Gasteiger partial charge in [0.2, 0.25) is 11.8 Å². The number of carbonyl (C=O) groups is 2. The molecule has 0 atom stereocenters. The molecule has 0 saturated heterocycles. The lowest BCUT2D eigenvalue weighted by Crippen LogP contribution is -2.21. The Morgan fingerprint density at radius 3 is 2.60 bits per heavy atom. The van der Waals surface area contributed by atoms with Gasteiger partial charge in [-0.2, -0.15) is 5.10 Å². The second kappa shape index (κ2) is 9.89. The molecule has 0 spiro atoms. The Bertz CT molecular complexity index is 1110. The highest BCUT2D eigenvalue weighted by Crippen LogP contribution is 2.26. The summed E-state index contributed by atoms with van der Waals surface area (Å²) in [7, 11) is 1.58. The molecule has 7 heteroatoms. The van der Waals surface area contributed by atoms with Crippen LogP contribution in [0.15, 0.2) is 59.7 Å². The van der Waals surface area contributed by atoms with Gasteiger partial charge in [-0.25, -0.2) is 5.43 Å². The average Bonchev–Trinajstić information content (AvgIpc) is 2.75. The Morgan fingerprint density at radius 2 is 1.80 bits per heavy atom. The molecular formula is C23H22ClN3O3. The smallest absolute Gasteiger partial charge is 0.240 e. The van der Waals surface area contributed by atoms with E-state index in [4.69, 9.17) is 16.3 Å². The van der Waals surface area contributed by atoms with Crippen LogP contribution in [0.25, 0.3) is 10.8 Å². The van der Waals surface area contributed by atoms with Crippen LogP contribution < -0.4 is 15.5 Å². The Balaban J connectivity index is 1.57. The van der Waals surface area contributed by atoms with Crippen molar-refractivity contribution in [2.24, 2.45) is 5.10 Å². The Labute approximate surface area is 179 Å². The number of halogens is 1. The van der Waals surface area contributed by atoms with Crippen LogP contribution in [0, 0.1) is 6.92 Å². The number of anilines is 1. The molecule has 0 unspecified atom stereocenters. The molecule has 0 aliphatic rings. The van der Waals surface area contributed by atoms with Gasteiger partial charge in [-0.15, -0.1) is 0 Å². The number of ether oxygens (including phenoxy) is 1. The molecule has 0 radical (unpaired) electrons. The van der Waals surface area contributed by atoms with Crippen molar-refractivity contribution in [1.82, 2.24) is 5.43 Å². The van der Waals surface area contributed by atoms with E-state index in [1.165, 1.54) is 0 Å². The molecule has 3 aromatic rings. The van der Waals surface area contributed by atoms with Gasteiger partial charge in [-0.3, -0.25) is 9.59 Å².